The highest BCUT2D eigenvalue weighted by molar-refractivity contribution is 7.99. The van der Waals surface area contributed by atoms with E-state index >= 15 is 0 Å². The summed E-state index contributed by atoms with van der Waals surface area (Å²) in [6.45, 7) is 4.22. The molecule has 31 heavy (non-hydrogen) atoms. The average Bonchev–Trinajstić information content (AvgIpc) is 3.03. The van der Waals surface area contributed by atoms with Gasteiger partial charge < -0.3 is 25.4 Å². The minimum absolute atomic E-state index is 0.370. The van der Waals surface area contributed by atoms with Crippen LogP contribution in [0.1, 0.15) is 33.1 Å². The van der Waals surface area contributed by atoms with E-state index in [-0.39, 0.29) is 5.91 Å². The minimum Gasteiger partial charge on any atom is -0.391 e. The first kappa shape index (κ1) is 26.7. The van der Waals surface area contributed by atoms with Gasteiger partial charge in [0.15, 0.2) is 0 Å². The molecule has 2 saturated heterocycles. The lowest BCUT2D eigenvalue weighted by molar-refractivity contribution is -0.204. The quantitative estimate of drug-likeness (QED) is 0.253. The molecule has 0 aromatic heterocycles. The molecule has 0 bridgehead atoms. The Morgan fingerprint density at radius 2 is 2.00 bits per heavy atom. The third kappa shape index (κ3) is 6.74. The van der Waals surface area contributed by atoms with E-state index in [0.717, 1.165) is 31.1 Å². The van der Waals surface area contributed by atoms with Gasteiger partial charge in [-0.3, -0.25) is 14.2 Å². The molecule has 2 aliphatic heterocycles. The molecular formula is C18H34N2O9S2. The summed E-state index contributed by atoms with van der Waals surface area (Å²) in [4.78, 5) is 14.9. The fraction of sp³-hybridized carbons (Fsp3) is 0.944. The van der Waals surface area contributed by atoms with Crippen molar-refractivity contribution in [3.8, 4) is 0 Å². The van der Waals surface area contributed by atoms with Gasteiger partial charge in [0.1, 0.15) is 29.9 Å². The number of likely N-dealkylation sites (N-methyl/N-ethyl adjacent to an activating group) is 1. The molecule has 0 aromatic rings. The highest BCUT2D eigenvalue weighted by Gasteiger charge is 2.51. The molecule has 182 valence electrons. The van der Waals surface area contributed by atoms with E-state index < -0.39 is 58.4 Å². The first-order valence-corrected chi connectivity index (χ1v) is 12.9. The average molecular weight is 487 g/mol. The lowest BCUT2D eigenvalue weighted by Gasteiger charge is -2.45. The summed E-state index contributed by atoms with van der Waals surface area (Å²) in [6, 6.07) is -1.61. The SMILES string of the molecule is CCC[C@@H]1C[C@@H](C(=O)N[C@@H]([C@H]2O[C@H](SC)[C@H](O)[C@@H](O)[C@H]2OS(=O)(=O)O)[C@@H](C)O)N(C)C1. The van der Waals surface area contributed by atoms with Gasteiger partial charge in [0.05, 0.1) is 18.2 Å². The number of likely N-dealkylation sites (tertiary alicyclic amines) is 1. The Morgan fingerprint density at radius 1 is 1.35 bits per heavy atom. The number of nitrogens with zero attached hydrogens (tertiary/aromatic N) is 1. The van der Waals surface area contributed by atoms with Crippen LogP contribution in [0.3, 0.4) is 0 Å². The third-order valence-electron chi connectivity index (χ3n) is 5.86. The molecule has 0 radical (unpaired) electrons. The number of ether oxygens (including phenoxy) is 1. The number of nitrogens with one attached hydrogen (secondary N) is 1. The largest absolute Gasteiger partial charge is 0.397 e. The number of hydrogen-bond donors (Lipinski definition) is 5. The van der Waals surface area contributed by atoms with Crippen molar-refractivity contribution in [1.82, 2.24) is 10.2 Å². The second-order valence-electron chi connectivity index (χ2n) is 8.30. The van der Waals surface area contributed by atoms with Gasteiger partial charge >= 0.3 is 10.4 Å². The van der Waals surface area contributed by atoms with E-state index in [4.69, 9.17) is 9.29 Å². The maximum Gasteiger partial charge on any atom is 0.397 e. The van der Waals surface area contributed by atoms with Crippen molar-refractivity contribution < 1.29 is 42.0 Å². The Bertz CT molecular complexity index is 708. The first-order valence-electron chi connectivity index (χ1n) is 10.3. The van der Waals surface area contributed by atoms with Gasteiger partial charge in [-0.2, -0.15) is 8.42 Å². The van der Waals surface area contributed by atoms with Crippen molar-refractivity contribution in [2.75, 3.05) is 19.8 Å². The lowest BCUT2D eigenvalue weighted by atomic mass is 9.92. The van der Waals surface area contributed by atoms with E-state index in [2.05, 4.69) is 16.4 Å². The number of carbonyl (C=O) groups is 1. The number of aliphatic hydroxyl groups excluding tert-OH is 3. The van der Waals surface area contributed by atoms with Crippen LogP contribution in [0.2, 0.25) is 0 Å². The maximum atomic E-state index is 13.0. The monoisotopic (exact) mass is 486 g/mol. The first-order chi connectivity index (χ1) is 14.4. The molecule has 0 spiro atoms. The molecule has 13 heteroatoms. The molecule has 0 aromatic carbocycles. The van der Waals surface area contributed by atoms with Crippen molar-refractivity contribution in [3.05, 3.63) is 0 Å². The number of aliphatic hydroxyl groups is 3. The minimum atomic E-state index is -5.02. The molecular weight excluding hydrogens is 452 g/mol. The molecule has 0 aliphatic carbocycles. The van der Waals surface area contributed by atoms with Gasteiger partial charge in [-0.1, -0.05) is 13.3 Å². The number of amides is 1. The normalized spacial score (nSPS) is 36.8. The number of rotatable bonds is 9. The molecule has 11 nitrogen and oxygen atoms in total. The Labute approximate surface area is 187 Å². The summed E-state index contributed by atoms with van der Waals surface area (Å²) in [7, 11) is -3.19. The predicted molar refractivity (Wildman–Crippen MR) is 114 cm³/mol. The summed E-state index contributed by atoms with van der Waals surface area (Å²) in [6.07, 6.45) is -3.34. The molecule has 0 unspecified atom stereocenters. The zero-order valence-electron chi connectivity index (χ0n) is 18.1. The summed E-state index contributed by atoms with van der Waals surface area (Å²) in [5, 5.41) is 33.7. The van der Waals surface area contributed by atoms with Crippen LogP contribution in [0.15, 0.2) is 0 Å². The smallest absolute Gasteiger partial charge is 0.391 e. The molecule has 2 fully saturated rings. The van der Waals surface area contributed by atoms with Crippen molar-refractivity contribution >= 4 is 28.1 Å². The van der Waals surface area contributed by atoms with Gasteiger partial charge in [0.25, 0.3) is 0 Å². The molecule has 0 saturated carbocycles. The Morgan fingerprint density at radius 3 is 2.52 bits per heavy atom. The number of thioether (sulfide) groups is 1. The molecule has 5 N–H and O–H groups in total. The van der Waals surface area contributed by atoms with Crippen LogP contribution in [-0.4, -0.2) is 107 Å². The highest BCUT2D eigenvalue weighted by Crippen LogP contribution is 2.32. The van der Waals surface area contributed by atoms with Crippen LogP contribution >= 0.6 is 11.8 Å². The van der Waals surface area contributed by atoms with Gasteiger partial charge in [0, 0.05) is 6.54 Å². The van der Waals surface area contributed by atoms with Crippen molar-refractivity contribution in [3.63, 3.8) is 0 Å². The zero-order valence-corrected chi connectivity index (χ0v) is 19.8. The van der Waals surface area contributed by atoms with Gasteiger partial charge in [-0.25, -0.2) is 4.18 Å². The summed E-state index contributed by atoms with van der Waals surface area (Å²) >= 11 is 1.06. The second kappa shape index (κ2) is 11.1. The van der Waals surface area contributed by atoms with Crippen LogP contribution in [0.25, 0.3) is 0 Å². The van der Waals surface area contributed by atoms with Crippen LogP contribution in [0.4, 0.5) is 0 Å². The molecule has 9 atom stereocenters. The van der Waals surface area contributed by atoms with Gasteiger partial charge in [0.2, 0.25) is 5.91 Å². The van der Waals surface area contributed by atoms with Gasteiger partial charge in [-0.15, -0.1) is 11.8 Å². The highest BCUT2D eigenvalue weighted by atomic mass is 32.3. The lowest BCUT2D eigenvalue weighted by Crippen LogP contribution is -2.66. The second-order valence-corrected chi connectivity index (χ2v) is 10.3. The van der Waals surface area contributed by atoms with E-state index in [1.165, 1.54) is 6.92 Å². The van der Waals surface area contributed by atoms with Crippen molar-refractivity contribution in [2.45, 2.75) is 81.1 Å². The molecule has 2 aliphatic rings. The molecule has 1 amide bonds. The Kier molecular flexibility index (Phi) is 9.55. The summed E-state index contributed by atoms with van der Waals surface area (Å²) in [5.74, 6) is -0.00217. The number of hydrogen-bond acceptors (Lipinski definition) is 10. The van der Waals surface area contributed by atoms with E-state index in [9.17, 15) is 28.5 Å². The van der Waals surface area contributed by atoms with Crippen LogP contribution in [0.5, 0.6) is 0 Å². The predicted octanol–water partition coefficient (Wildman–Crippen LogP) is -1.03. The van der Waals surface area contributed by atoms with E-state index in [0.29, 0.717) is 12.3 Å². The van der Waals surface area contributed by atoms with Crippen LogP contribution in [-0.2, 0) is 24.1 Å². The summed E-state index contributed by atoms with van der Waals surface area (Å²) < 4.78 is 42.1. The maximum absolute atomic E-state index is 13.0. The van der Waals surface area contributed by atoms with Crippen molar-refractivity contribution in [2.24, 2.45) is 5.92 Å². The molecule has 2 heterocycles. The standard InChI is InChI=1S/C18H34N2O9S2/c1-5-6-10-7-11(20(3)8-10)17(24)19-12(9(2)21)15-16(29-31(25,26)27)13(22)14(23)18(28-15)30-4/h9-16,18,21-23H,5-8H2,1-4H3,(H,19,24)(H,25,26,27)/t9-,10-,11+,12-,13-,14-,15-,16-,18-/m1/s1. The number of carbonyl (C=O) groups excluding carboxylic acids is 1. The fourth-order valence-corrected chi connectivity index (χ4v) is 5.55. The fourth-order valence-electron chi connectivity index (χ4n) is 4.37. The third-order valence-corrected chi connectivity index (χ3v) is 7.18. The van der Waals surface area contributed by atoms with Crippen LogP contribution in [0, 0.1) is 5.92 Å². The van der Waals surface area contributed by atoms with Gasteiger partial charge in [-0.05, 0) is 39.0 Å². The Balaban J connectivity index is 2.26. The topological polar surface area (TPSA) is 166 Å². The van der Waals surface area contributed by atoms with E-state index in [1.54, 1.807) is 6.26 Å². The summed E-state index contributed by atoms with van der Waals surface area (Å²) in [5.41, 5.74) is -0.970. The Hall–Kier alpha value is -0.510. The van der Waals surface area contributed by atoms with Crippen molar-refractivity contribution in [1.29, 1.82) is 0 Å². The van der Waals surface area contributed by atoms with Crippen LogP contribution < -0.4 is 5.32 Å². The molecule has 2 rings (SSSR count). The zero-order chi connectivity index (χ0) is 23.5. The van der Waals surface area contributed by atoms with E-state index in [1.807, 2.05) is 11.9 Å².